The Morgan fingerprint density at radius 3 is 2.24 bits per heavy atom. The van der Waals surface area contributed by atoms with Crippen LogP contribution in [-0.2, 0) is 17.8 Å². The molecule has 0 unspecified atom stereocenters. The van der Waals surface area contributed by atoms with Crippen LogP contribution in [-0.4, -0.2) is 26.3 Å². The zero-order chi connectivity index (χ0) is 16.9. The second-order valence-corrected chi connectivity index (χ2v) is 6.55. The predicted octanol–water partition coefficient (Wildman–Crippen LogP) is 3.97. The molecule has 0 aliphatic carbocycles. The normalized spacial score (nSPS) is 14.8. The molecule has 3 heteroatoms. The van der Waals surface area contributed by atoms with E-state index in [0.29, 0.717) is 0 Å². The number of nitrogens with one attached hydrogen (secondary N) is 1. The van der Waals surface area contributed by atoms with Gasteiger partial charge < -0.3 is 15.0 Å². The molecule has 1 fully saturated rings. The summed E-state index contributed by atoms with van der Waals surface area (Å²) in [7, 11) is 0. The van der Waals surface area contributed by atoms with Crippen molar-refractivity contribution in [3.8, 4) is 0 Å². The number of benzene rings is 3. The molecule has 1 aliphatic heterocycles. The lowest BCUT2D eigenvalue weighted by molar-refractivity contribution is 0.122. The fourth-order valence-corrected chi connectivity index (χ4v) is 3.35. The predicted molar refractivity (Wildman–Crippen MR) is 104 cm³/mol. The lowest BCUT2D eigenvalue weighted by Crippen LogP contribution is -2.36. The largest absolute Gasteiger partial charge is 0.378 e. The highest BCUT2D eigenvalue weighted by Gasteiger charge is 2.10. The van der Waals surface area contributed by atoms with E-state index in [-0.39, 0.29) is 0 Å². The van der Waals surface area contributed by atoms with Gasteiger partial charge in [0.1, 0.15) is 0 Å². The Morgan fingerprint density at radius 1 is 0.760 bits per heavy atom. The van der Waals surface area contributed by atoms with Crippen LogP contribution in [0.15, 0.2) is 66.7 Å². The number of ether oxygens (including phenoxy) is 1. The fourth-order valence-electron chi connectivity index (χ4n) is 3.35. The van der Waals surface area contributed by atoms with Crippen LogP contribution in [0.2, 0.25) is 0 Å². The molecule has 1 heterocycles. The number of hydrogen-bond donors (Lipinski definition) is 1. The summed E-state index contributed by atoms with van der Waals surface area (Å²) in [6, 6.07) is 24.1. The van der Waals surface area contributed by atoms with E-state index in [2.05, 4.69) is 76.9 Å². The summed E-state index contributed by atoms with van der Waals surface area (Å²) in [6.07, 6.45) is 0. The molecule has 3 aromatic rings. The number of anilines is 1. The highest BCUT2D eigenvalue weighted by Crippen LogP contribution is 2.17. The van der Waals surface area contributed by atoms with Gasteiger partial charge in [0, 0.05) is 31.9 Å². The smallest absolute Gasteiger partial charge is 0.0642 e. The van der Waals surface area contributed by atoms with Crippen LogP contribution < -0.4 is 10.2 Å². The van der Waals surface area contributed by atoms with Crippen molar-refractivity contribution in [2.75, 3.05) is 31.2 Å². The van der Waals surface area contributed by atoms with Gasteiger partial charge in [0.2, 0.25) is 0 Å². The Kier molecular flexibility index (Phi) is 4.96. The molecule has 1 saturated heterocycles. The first kappa shape index (κ1) is 16.1. The second kappa shape index (κ2) is 7.68. The number of rotatable bonds is 5. The molecule has 0 saturated carbocycles. The molecule has 0 spiro atoms. The highest BCUT2D eigenvalue weighted by atomic mass is 16.5. The zero-order valence-corrected chi connectivity index (χ0v) is 14.4. The lowest BCUT2D eigenvalue weighted by Gasteiger charge is -2.28. The van der Waals surface area contributed by atoms with Gasteiger partial charge in [-0.05, 0) is 40.1 Å². The number of morpholine rings is 1. The van der Waals surface area contributed by atoms with E-state index >= 15 is 0 Å². The number of hydrogen-bond acceptors (Lipinski definition) is 3. The molecule has 128 valence electrons. The van der Waals surface area contributed by atoms with Crippen molar-refractivity contribution in [1.29, 1.82) is 0 Å². The summed E-state index contributed by atoms with van der Waals surface area (Å²) in [5.74, 6) is 0. The second-order valence-electron chi connectivity index (χ2n) is 6.55. The monoisotopic (exact) mass is 332 g/mol. The van der Waals surface area contributed by atoms with E-state index in [1.807, 2.05) is 0 Å². The minimum atomic E-state index is 0.828. The van der Waals surface area contributed by atoms with Crippen molar-refractivity contribution in [2.24, 2.45) is 0 Å². The van der Waals surface area contributed by atoms with Crippen LogP contribution in [0.3, 0.4) is 0 Å². The van der Waals surface area contributed by atoms with Crippen LogP contribution in [0.25, 0.3) is 10.8 Å². The van der Waals surface area contributed by atoms with E-state index in [9.17, 15) is 0 Å². The molecular weight excluding hydrogens is 308 g/mol. The van der Waals surface area contributed by atoms with Crippen LogP contribution >= 0.6 is 0 Å². The summed E-state index contributed by atoms with van der Waals surface area (Å²) in [5, 5.41) is 6.15. The molecule has 4 rings (SSSR count). The first-order chi connectivity index (χ1) is 12.4. The highest BCUT2D eigenvalue weighted by molar-refractivity contribution is 5.82. The average Bonchev–Trinajstić information content (AvgIpc) is 2.69. The Morgan fingerprint density at radius 2 is 1.44 bits per heavy atom. The minimum absolute atomic E-state index is 0.828. The van der Waals surface area contributed by atoms with Gasteiger partial charge >= 0.3 is 0 Å². The molecule has 0 bridgehead atoms. The fraction of sp³-hybridized carbons (Fsp3) is 0.273. The first-order valence-electron chi connectivity index (χ1n) is 8.98. The third-order valence-electron chi connectivity index (χ3n) is 4.78. The first-order valence-corrected chi connectivity index (χ1v) is 8.98. The summed E-state index contributed by atoms with van der Waals surface area (Å²) < 4.78 is 5.42. The van der Waals surface area contributed by atoms with Gasteiger partial charge in [0.25, 0.3) is 0 Å². The van der Waals surface area contributed by atoms with E-state index in [4.69, 9.17) is 4.74 Å². The van der Waals surface area contributed by atoms with E-state index in [1.165, 1.54) is 27.6 Å². The minimum Gasteiger partial charge on any atom is -0.378 e. The van der Waals surface area contributed by atoms with Gasteiger partial charge in [0.15, 0.2) is 0 Å². The molecule has 1 N–H and O–H groups in total. The third kappa shape index (κ3) is 4.01. The van der Waals surface area contributed by atoms with Gasteiger partial charge in [-0.3, -0.25) is 0 Å². The van der Waals surface area contributed by atoms with Crippen molar-refractivity contribution in [3.05, 3.63) is 77.9 Å². The van der Waals surface area contributed by atoms with Gasteiger partial charge in [-0.15, -0.1) is 0 Å². The zero-order valence-electron chi connectivity index (χ0n) is 14.4. The number of fused-ring (bicyclic) bond motifs is 1. The Bertz CT molecular complexity index is 823. The van der Waals surface area contributed by atoms with Crippen molar-refractivity contribution in [1.82, 2.24) is 5.32 Å². The number of nitrogens with zero attached hydrogens (tertiary/aromatic N) is 1. The molecule has 3 nitrogen and oxygen atoms in total. The quantitative estimate of drug-likeness (QED) is 0.765. The van der Waals surface area contributed by atoms with Crippen molar-refractivity contribution >= 4 is 16.5 Å². The lowest BCUT2D eigenvalue weighted by atomic mass is 10.1. The third-order valence-corrected chi connectivity index (χ3v) is 4.78. The van der Waals surface area contributed by atoms with Crippen molar-refractivity contribution < 1.29 is 4.74 Å². The maximum atomic E-state index is 5.42. The van der Waals surface area contributed by atoms with Gasteiger partial charge in [-0.2, -0.15) is 0 Å². The molecule has 3 aromatic carbocycles. The topological polar surface area (TPSA) is 24.5 Å². The van der Waals surface area contributed by atoms with Crippen LogP contribution in [0.1, 0.15) is 11.1 Å². The Balaban J connectivity index is 1.33. The van der Waals surface area contributed by atoms with Crippen LogP contribution in [0.4, 0.5) is 5.69 Å². The van der Waals surface area contributed by atoms with Gasteiger partial charge in [-0.1, -0.05) is 48.5 Å². The van der Waals surface area contributed by atoms with E-state index in [1.54, 1.807) is 0 Å². The van der Waals surface area contributed by atoms with Gasteiger partial charge in [0.05, 0.1) is 13.2 Å². The standard InChI is InChI=1S/C22H24N2O/c1-2-4-21-15-19(5-8-20(21)3-1)17-23-16-18-6-9-22(10-7-18)24-11-13-25-14-12-24/h1-10,15,23H,11-14,16-17H2. The van der Waals surface area contributed by atoms with Gasteiger partial charge in [-0.25, -0.2) is 0 Å². The van der Waals surface area contributed by atoms with Crippen LogP contribution in [0.5, 0.6) is 0 Å². The Labute approximate surface area is 149 Å². The van der Waals surface area contributed by atoms with E-state index < -0.39 is 0 Å². The average molecular weight is 332 g/mol. The molecule has 0 atom stereocenters. The molecule has 1 aliphatic rings. The molecule has 0 radical (unpaired) electrons. The molecule has 25 heavy (non-hydrogen) atoms. The summed E-state index contributed by atoms with van der Waals surface area (Å²) in [6.45, 7) is 5.40. The van der Waals surface area contributed by atoms with Crippen LogP contribution in [0, 0.1) is 0 Å². The van der Waals surface area contributed by atoms with Crippen molar-refractivity contribution in [2.45, 2.75) is 13.1 Å². The molecular formula is C22H24N2O. The SMILES string of the molecule is c1ccc2cc(CNCc3ccc(N4CCOCC4)cc3)ccc2c1. The maximum absolute atomic E-state index is 5.42. The molecule has 0 aromatic heterocycles. The Hall–Kier alpha value is -2.36. The summed E-state index contributed by atoms with van der Waals surface area (Å²) in [4.78, 5) is 2.38. The summed E-state index contributed by atoms with van der Waals surface area (Å²) >= 11 is 0. The van der Waals surface area contributed by atoms with E-state index in [0.717, 1.165) is 39.4 Å². The van der Waals surface area contributed by atoms with Crippen molar-refractivity contribution in [3.63, 3.8) is 0 Å². The summed E-state index contributed by atoms with van der Waals surface area (Å²) in [5.41, 5.74) is 3.93. The maximum Gasteiger partial charge on any atom is 0.0642 e. The molecule has 0 amide bonds.